The minimum atomic E-state index is -3.26. The normalized spacial score (nSPS) is 11.7. The minimum Gasteiger partial charge on any atom is -0.354 e. The molecule has 0 aliphatic heterocycles. The van der Waals surface area contributed by atoms with Crippen LogP contribution in [0.3, 0.4) is 0 Å². The van der Waals surface area contributed by atoms with E-state index in [1.165, 1.54) is 0 Å². The van der Waals surface area contributed by atoms with Crippen molar-refractivity contribution in [3.05, 3.63) is 0 Å². The Kier molecular flexibility index (Phi) is 6.51. The first-order chi connectivity index (χ1) is 6.87. The molecule has 3 N–H and O–H groups in total. The molecule has 0 unspecified atom stereocenters. The molecule has 0 rings (SSSR count). The summed E-state index contributed by atoms with van der Waals surface area (Å²) in [5, 5.41) is 2.43. The van der Waals surface area contributed by atoms with Crippen LogP contribution in [0.1, 0.15) is 20.3 Å². The Morgan fingerprint density at radius 1 is 1.40 bits per heavy atom. The van der Waals surface area contributed by atoms with Crippen molar-refractivity contribution in [2.45, 2.75) is 20.3 Å². The molecule has 0 aromatic carbocycles. The van der Waals surface area contributed by atoms with Gasteiger partial charge in [0.2, 0.25) is 5.91 Å². The van der Waals surface area contributed by atoms with Crippen LogP contribution in [0, 0.1) is 5.92 Å². The molecule has 6 heteroatoms. The highest BCUT2D eigenvalue weighted by Crippen LogP contribution is 2.03. The molecule has 0 aliphatic rings. The second kappa shape index (κ2) is 6.79. The zero-order chi connectivity index (χ0) is 11.9. The van der Waals surface area contributed by atoms with E-state index < -0.39 is 21.5 Å². The third kappa shape index (κ3) is 8.38. The minimum absolute atomic E-state index is 0.0702. The largest absolute Gasteiger partial charge is 0.354 e. The van der Waals surface area contributed by atoms with E-state index in [-0.39, 0.29) is 5.75 Å². The molecule has 0 saturated heterocycles. The Hall–Kier alpha value is -0.620. The lowest BCUT2D eigenvalue weighted by atomic mass is 10.2. The summed E-state index contributed by atoms with van der Waals surface area (Å²) in [6.07, 6.45) is 0.590. The Morgan fingerprint density at radius 3 is 2.47 bits per heavy atom. The Balaban J connectivity index is 3.97. The van der Waals surface area contributed by atoms with Crippen molar-refractivity contribution in [2.75, 3.05) is 24.6 Å². The lowest BCUT2D eigenvalue weighted by molar-refractivity contribution is -0.118. The van der Waals surface area contributed by atoms with Gasteiger partial charge in [-0.3, -0.25) is 4.79 Å². The molecular formula is C9H20N2O3S. The summed E-state index contributed by atoms with van der Waals surface area (Å²) in [5.41, 5.74) is 5.17. The van der Waals surface area contributed by atoms with Gasteiger partial charge in [-0.2, -0.15) is 0 Å². The average molecular weight is 236 g/mol. The first-order valence-corrected chi connectivity index (χ1v) is 6.86. The number of carbonyl (C=O) groups excluding carboxylic acids is 1. The molecule has 0 spiro atoms. The molecule has 0 radical (unpaired) electrons. The molecule has 0 aromatic heterocycles. The van der Waals surface area contributed by atoms with Gasteiger partial charge in [0.15, 0.2) is 9.84 Å². The molecule has 5 nitrogen and oxygen atoms in total. The smallest absolute Gasteiger partial charge is 0.235 e. The highest BCUT2D eigenvalue weighted by atomic mass is 32.2. The van der Waals surface area contributed by atoms with Crippen LogP contribution in [-0.4, -0.2) is 38.9 Å². The number of carbonyl (C=O) groups is 1. The molecule has 0 aliphatic carbocycles. The number of hydrogen-bond donors (Lipinski definition) is 2. The maximum atomic E-state index is 11.4. The molecule has 90 valence electrons. The Morgan fingerprint density at radius 2 is 2.00 bits per heavy atom. The van der Waals surface area contributed by atoms with E-state index >= 15 is 0 Å². The second-order valence-corrected chi connectivity index (χ2v) is 6.10. The molecule has 0 atom stereocenters. The van der Waals surface area contributed by atoms with E-state index in [2.05, 4.69) is 5.32 Å². The maximum Gasteiger partial charge on any atom is 0.235 e. The van der Waals surface area contributed by atoms with Crippen LogP contribution >= 0.6 is 0 Å². The first-order valence-electron chi connectivity index (χ1n) is 5.04. The third-order valence-electron chi connectivity index (χ3n) is 1.82. The van der Waals surface area contributed by atoms with Gasteiger partial charge in [0.25, 0.3) is 0 Å². The molecular weight excluding hydrogens is 216 g/mol. The zero-order valence-electron chi connectivity index (χ0n) is 9.32. The number of nitrogens with one attached hydrogen (secondary N) is 1. The monoisotopic (exact) mass is 236 g/mol. The number of sulfone groups is 1. The summed E-state index contributed by atoms with van der Waals surface area (Å²) in [6.45, 7) is 4.53. The molecule has 0 aromatic rings. The van der Waals surface area contributed by atoms with E-state index in [0.29, 0.717) is 25.4 Å². The van der Waals surface area contributed by atoms with Gasteiger partial charge in [-0.1, -0.05) is 13.8 Å². The van der Waals surface area contributed by atoms with Crippen LogP contribution in [-0.2, 0) is 14.6 Å². The summed E-state index contributed by atoms with van der Waals surface area (Å²) in [6, 6.07) is 0. The van der Waals surface area contributed by atoms with Gasteiger partial charge >= 0.3 is 0 Å². The van der Waals surface area contributed by atoms with Crippen LogP contribution in [0.15, 0.2) is 0 Å². The number of amides is 1. The fraction of sp³-hybridized carbons (Fsp3) is 0.889. The van der Waals surface area contributed by atoms with Gasteiger partial charge in [-0.05, 0) is 12.3 Å². The third-order valence-corrected chi connectivity index (χ3v) is 3.38. The summed E-state index contributed by atoms with van der Waals surface area (Å²) < 4.78 is 22.8. The van der Waals surface area contributed by atoms with Crippen molar-refractivity contribution in [3.8, 4) is 0 Å². The van der Waals surface area contributed by atoms with Crippen LogP contribution in [0.2, 0.25) is 0 Å². The molecule has 0 saturated carbocycles. The van der Waals surface area contributed by atoms with Gasteiger partial charge in [0.05, 0.1) is 5.75 Å². The first kappa shape index (κ1) is 14.4. The lowest BCUT2D eigenvalue weighted by Crippen LogP contribution is -2.34. The number of rotatable bonds is 7. The summed E-state index contributed by atoms with van der Waals surface area (Å²) in [4.78, 5) is 11.1. The van der Waals surface area contributed by atoms with Gasteiger partial charge in [-0.15, -0.1) is 0 Å². The predicted octanol–water partition coefficient (Wildman–Crippen LogP) is -0.478. The number of hydrogen-bond acceptors (Lipinski definition) is 4. The van der Waals surface area contributed by atoms with Crippen LogP contribution in [0.25, 0.3) is 0 Å². The maximum absolute atomic E-state index is 11.4. The van der Waals surface area contributed by atoms with Crippen LogP contribution in [0.4, 0.5) is 0 Å². The molecule has 1 amide bonds. The van der Waals surface area contributed by atoms with Crippen molar-refractivity contribution in [1.29, 1.82) is 0 Å². The van der Waals surface area contributed by atoms with Gasteiger partial charge in [0, 0.05) is 13.1 Å². The number of nitrogens with two attached hydrogens (primary N) is 1. The topological polar surface area (TPSA) is 89.3 Å². The standard InChI is InChI=1S/C9H20N2O3S/c1-8(2)3-6-15(13,14)7-9(12)11-5-4-10/h8H,3-7,10H2,1-2H3,(H,11,12). The van der Waals surface area contributed by atoms with E-state index in [4.69, 9.17) is 5.73 Å². The van der Waals surface area contributed by atoms with Crippen molar-refractivity contribution in [1.82, 2.24) is 5.32 Å². The van der Waals surface area contributed by atoms with Gasteiger partial charge < -0.3 is 11.1 Å². The van der Waals surface area contributed by atoms with E-state index in [1.54, 1.807) is 0 Å². The fourth-order valence-corrected chi connectivity index (χ4v) is 2.43. The molecule has 0 heterocycles. The van der Waals surface area contributed by atoms with Crippen LogP contribution < -0.4 is 11.1 Å². The predicted molar refractivity (Wildman–Crippen MR) is 60.2 cm³/mol. The van der Waals surface area contributed by atoms with Gasteiger partial charge in [-0.25, -0.2) is 8.42 Å². The lowest BCUT2D eigenvalue weighted by Gasteiger charge is -2.06. The van der Waals surface area contributed by atoms with E-state index in [1.807, 2.05) is 13.8 Å². The fourth-order valence-electron chi connectivity index (χ4n) is 0.950. The summed E-state index contributed by atoms with van der Waals surface area (Å²) in [7, 11) is -3.26. The van der Waals surface area contributed by atoms with Crippen molar-refractivity contribution in [3.63, 3.8) is 0 Å². The summed E-state index contributed by atoms with van der Waals surface area (Å²) in [5.74, 6) is -0.503. The van der Waals surface area contributed by atoms with Gasteiger partial charge in [0.1, 0.15) is 5.75 Å². The van der Waals surface area contributed by atoms with Crippen molar-refractivity contribution in [2.24, 2.45) is 11.7 Å². The Labute approximate surface area is 91.3 Å². The Bertz CT molecular complexity index is 286. The highest BCUT2D eigenvalue weighted by Gasteiger charge is 2.16. The van der Waals surface area contributed by atoms with Crippen LogP contribution in [0.5, 0.6) is 0 Å². The van der Waals surface area contributed by atoms with Crippen molar-refractivity contribution < 1.29 is 13.2 Å². The van der Waals surface area contributed by atoms with Crippen molar-refractivity contribution >= 4 is 15.7 Å². The second-order valence-electron chi connectivity index (χ2n) is 3.91. The van der Waals surface area contributed by atoms with E-state index in [0.717, 1.165) is 0 Å². The zero-order valence-corrected chi connectivity index (χ0v) is 10.1. The average Bonchev–Trinajstić information content (AvgIpc) is 2.11. The molecule has 15 heavy (non-hydrogen) atoms. The molecule has 0 fully saturated rings. The highest BCUT2D eigenvalue weighted by molar-refractivity contribution is 7.92. The quantitative estimate of drug-likeness (QED) is 0.625. The SMILES string of the molecule is CC(C)CCS(=O)(=O)CC(=O)NCCN. The summed E-state index contributed by atoms with van der Waals surface area (Å²) >= 11 is 0. The molecule has 0 bridgehead atoms. The van der Waals surface area contributed by atoms with E-state index in [9.17, 15) is 13.2 Å².